The van der Waals surface area contributed by atoms with Crippen molar-refractivity contribution in [1.82, 2.24) is 10.2 Å². The minimum atomic E-state index is -0.664. The van der Waals surface area contributed by atoms with E-state index in [0.717, 1.165) is 42.6 Å². The predicted octanol–water partition coefficient (Wildman–Crippen LogP) is 2.47. The van der Waals surface area contributed by atoms with Crippen molar-refractivity contribution in [2.45, 2.75) is 38.5 Å². The third-order valence-corrected chi connectivity index (χ3v) is 6.50. The first-order valence-electron chi connectivity index (χ1n) is 11.0. The summed E-state index contributed by atoms with van der Waals surface area (Å²) < 4.78 is 10.3. The van der Waals surface area contributed by atoms with Gasteiger partial charge in [0.15, 0.2) is 0 Å². The molecule has 8 nitrogen and oxygen atoms in total. The quantitative estimate of drug-likeness (QED) is 0.652. The molecular formula is C25H27N3O5. The number of piperidine rings is 1. The van der Waals surface area contributed by atoms with E-state index >= 15 is 0 Å². The molecule has 0 aromatic heterocycles. The molecule has 4 rings (SSSR count). The van der Waals surface area contributed by atoms with Gasteiger partial charge in [0.1, 0.15) is 18.4 Å². The molecule has 0 aliphatic carbocycles. The number of fused-ring (bicyclic) bond motifs is 1. The highest BCUT2D eigenvalue weighted by molar-refractivity contribution is 5.95. The molecule has 1 amide bonds. The van der Waals surface area contributed by atoms with Gasteiger partial charge in [-0.2, -0.15) is 5.26 Å². The number of ether oxygens (including phenoxy) is 2. The summed E-state index contributed by atoms with van der Waals surface area (Å²) in [5, 5.41) is 23.0. The largest absolute Gasteiger partial charge is 0.495 e. The van der Waals surface area contributed by atoms with E-state index in [-0.39, 0.29) is 24.5 Å². The molecule has 1 atom stereocenters. The minimum Gasteiger partial charge on any atom is -0.495 e. The van der Waals surface area contributed by atoms with Crippen molar-refractivity contribution >= 4 is 11.9 Å². The standard InChI is InChI=1S/C25H27N3O5/c1-15-19(5-6-20-21(15)14-33-25(20)31)22(29)13-28-9-7-18(8-10-28)27-24(30)16-3-4-17(12-26)23(11-16)32-2/h3-6,11,18,22,29H,7-10,13-14H2,1-2H3,(H,27,30)/t22-/m0/s1. The van der Waals surface area contributed by atoms with Gasteiger partial charge in [0, 0.05) is 36.8 Å². The molecule has 33 heavy (non-hydrogen) atoms. The topological polar surface area (TPSA) is 112 Å². The van der Waals surface area contributed by atoms with Gasteiger partial charge in [-0.25, -0.2) is 4.79 Å². The number of hydrogen-bond acceptors (Lipinski definition) is 7. The second-order valence-corrected chi connectivity index (χ2v) is 8.47. The zero-order chi connectivity index (χ0) is 23.5. The van der Waals surface area contributed by atoms with Gasteiger partial charge in [-0.3, -0.25) is 4.79 Å². The van der Waals surface area contributed by atoms with Gasteiger partial charge in [0.05, 0.1) is 24.3 Å². The third-order valence-electron chi connectivity index (χ3n) is 6.50. The van der Waals surface area contributed by atoms with E-state index < -0.39 is 6.10 Å². The van der Waals surface area contributed by atoms with Gasteiger partial charge in [0.2, 0.25) is 0 Å². The van der Waals surface area contributed by atoms with E-state index in [0.29, 0.717) is 29.0 Å². The molecule has 1 saturated heterocycles. The Morgan fingerprint density at radius 1 is 1.33 bits per heavy atom. The molecular weight excluding hydrogens is 422 g/mol. The number of nitrogens with one attached hydrogen (secondary N) is 1. The summed E-state index contributed by atoms with van der Waals surface area (Å²) in [7, 11) is 1.47. The Bertz CT molecular complexity index is 1120. The van der Waals surface area contributed by atoms with Crippen molar-refractivity contribution in [3.63, 3.8) is 0 Å². The summed E-state index contributed by atoms with van der Waals surface area (Å²) >= 11 is 0. The fraction of sp³-hybridized carbons (Fsp3) is 0.400. The Labute approximate surface area is 192 Å². The lowest BCUT2D eigenvalue weighted by atomic mass is 9.94. The maximum atomic E-state index is 12.6. The molecule has 172 valence electrons. The number of nitrogens with zero attached hydrogens (tertiary/aromatic N) is 2. The number of carbonyl (C=O) groups is 2. The number of carbonyl (C=O) groups excluding carboxylic acids is 2. The van der Waals surface area contributed by atoms with E-state index in [1.807, 2.05) is 19.1 Å². The molecule has 2 N–H and O–H groups in total. The number of aliphatic hydroxyl groups is 1. The fourth-order valence-electron chi connectivity index (χ4n) is 4.52. The van der Waals surface area contributed by atoms with Crippen LogP contribution in [0.3, 0.4) is 0 Å². The van der Waals surface area contributed by atoms with Crippen molar-refractivity contribution in [1.29, 1.82) is 5.26 Å². The number of hydrogen-bond donors (Lipinski definition) is 2. The van der Waals surface area contributed by atoms with E-state index in [2.05, 4.69) is 10.2 Å². The Morgan fingerprint density at radius 2 is 2.09 bits per heavy atom. The molecule has 8 heteroatoms. The number of esters is 1. The smallest absolute Gasteiger partial charge is 0.338 e. The van der Waals surface area contributed by atoms with Gasteiger partial charge in [-0.05, 0) is 55.2 Å². The first-order chi connectivity index (χ1) is 15.9. The van der Waals surface area contributed by atoms with Gasteiger partial charge in [-0.1, -0.05) is 6.07 Å². The summed E-state index contributed by atoms with van der Waals surface area (Å²) in [5.41, 5.74) is 4.01. The zero-order valence-corrected chi connectivity index (χ0v) is 18.8. The van der Waals surface area contributed by atoms with Crippen molar-refractivity contribution in [2.24, 2.45) is 0 Å². The molecule has 2 heterocycles. The highest BCUT2D eigenvalue weighted by atomic mass is 16.5. The van der Waals surface area contributed by atoms with E-state index in [1.165, 1.54) is 7.11 Å². The van der Waals surface area contributed by atoms with Crippen LogP contribution in [0.4, 0.5) is 0 Å². The average Bonchev–Trinajstić information content (AvgIpc) is 3.21. The average molecular weight is 450 g/mol. The predicted molar refractivity (Wildman–Crippen MR) is 120 cm³/mol. The highest BCUT2D eigenvalue weighted by Crippen LogP contribution is 2.30. The van der Waals surface area contributed by atoms with Crippen molar-refractivity contribution < 1.29 is 24.2 Å². The molecule has 2 aliphatic heterocycles. The van der Waals surface area contributed by atoms with Crippen LogP contribution in [0.25, 0.3) is 0 Å². The van der Waals surface area contributed by atoms with Crippen molar-refractivity contribution in [2.75, 3.05) is 26.7 Å². The van der Waals surface area contributed by atoms with E-state index in [1.54, 1.807) is 24.3 Å². The summed E-state index contributed by atoms with van der Waals surface area (Å²) in [6.07, 6.45) is 0.887. The molecule has 0 unspecified atom stereocenters. The van der Waals surface area contributed by atoms with Crippen LogP contribution < -0.4 is 10.1 Å². The maximum absolute atomic E-state index is 12.6. The molecule has 1 fully saturated rings. The Hall–Kier alpha value is -3.41. The summed E-state index contributed by atoms with van der Waals surface area (Å²) in [4.78, 5) is 26.6. The van der Waals surface area contributed by atoms with Gasteiger partial charge < -0.3 is 24.8 Å². The monoisotopic (exact) mass is 449 g/mol. The number of benzene rings is 2. The summed E-state index contributed by atoms with van der Waals surface area (Å²) in [6.45, 7) is 4.17. The molecule has 0 saturated carbocycles. The zero-order valence-electron chi connectivity index (χ0n) is 18.8. The second kappa shape index (κ2) is 9.61. The van der Waals surface area contributed by atoms with Gasteiger partial charge >= 0.3 is 5.97 Å². The summed E-state index contributed by atoms with van der Waals surface area (Å²) in [6, 6.07) is 10.4. The van der Waals surface area contributed by atoms with E-state index in [9.17, 15) is 14.7 Å². The third kappa shape index (κ3) is 4.70. The number of β-amino-alcohol motifs (C(OH)–C–C–N with tert-alkyl or cyclic N) is 1. The summed E-state index contributed by atoms with van der Waals surface area (Å²) in [5.74, 6) is -0.119. The number of methoxy groups -OCH3 is 1. The first kappa shape index (κ1) is 22.8. The molecule has 2 aromatic rings. The SMILES string of the molecule is COc1cc(C(=O)NC2CCN(C[C@H](O)c3ccc4c(c3C)COC4=O)CC2)ccc1C#N. The number of cyclic esters (lactones) is 1. The van der Waals surface area contributed by atoms with Crippen LogP contribution >= 0.6 is 0 Å². The molecule has 0 bridgehead atoms. The van der Waals surface area contributed by atoms with Crippen molar-refractivity contribution in [3.05, 3.63) is 63.7 Å². The number of rotatable bonds is 6. The lowest BCUT2D eigenvalue weighted by molar-refractivity contribution is 0.0534. The second-order valence-electron chi connectivity index (χ2n) is 8.47. The fourth-order valence-corrected chi connectivity index (χ4v) is 4.52. The first-order valence-corrected chi connectivity index (χ1v) is 11.0. The van der Waals surface area contributed by atoms with Crippen LogP contribution in [0.1, 0.15) is 61.9 Å². The van der Waals surface area contributed by atoms with Gasteiger partial charge in [0.25, 0.3) is 5.91 Å². The Kier molecular flexibility index (Phi) is 6.63. The van der Waals surface area contributed by atoms with Crippen LogP contribution in [-0.4, -0.2) is 54.7 Å². The highest BCUT2D eigenvalue weighted by Gasteiger charge is 2.27. The molecule has 2 aromatic carbocycles. The normalized spacial score (nSPS) is 17.1. The maximum Gasteiger partial charge on any atom is 0.338 e. The molecule has 0 radical (unpaired) electrons. The molecule has 0 spiro atoms. The van der Waals surface area contributed by atoms with Crippen molar-refractivity contribution in [3.8, 4) is 11.8 Å². The lowest BCUT2D eigenvalue weighted by Crippen LogP contribution is -2.45. The van der Waals surface area contributed by atoms with Crippen LogP contribution in [0.2, 0.25) is 0 Å². The number of aliphatic hydroxyl groups excluding tert-OH is 1. The number of nitriles is 1. The minimum absolute atomic E-state index is 0.0393. The number of likely N-dealkylation sites (tertiary alicyclic amines) is 1. The van der Waals surface area contributed by atoms with E-state index in [4.69, 9.17) is 14.7 Å². The van der Waals surface area contributed by atoms with Crippen LogP contribution in [-0.2, 0) is 11.3 Å². The number of amides is 1. The van der Waals surface area contributed by atoms with Gasteiger partial charge in [-0.15, -0.1) is 0 Å². The molecule has 2 aliphatic rings. The Morgan fingerprint density at radius 3 is 2.79 bits per heavy atom. The van der Waals surface area contributed by atoms with Crippen LogP contribution in [0.5, 0.6) is 5.75 Å². The lowest BCUT2D eigenvalue weighted by Gasteiger charge is -2.33. The Balaban J connectivity index is 1.31. The van der Waals surface area contributed by atoms with Crippen LogP contribution in [0.15, 0.2) is 30.3 Å². The van der Waals surface area contributed by atoms with Crippen LogP contribution in [0, 0.1) is 18.3 Å².